The van der Waals surface area contributed by atoms with Crippen molar-refractivity contribution in [1.29, 1.82) is 0 Å². The van der Waals surface area contributed by atoms with E-state index in [9.17, 15) is 4.79 Å². The van der Waals surface area contributed by atoms with Crippen molar-refractivity contribution in [2.75, 3.05) is 27.4 Å². The van der Waals surface area contributed by atoms with Gasteiger partial charge in [0.1, 0.15) is 6.04 Å². The number of hydrogen-bond donors (Lipinski definition) is 1. The summed E-state index contributed by atoms with van der Waals surface area (Å²) in [5.41, 5.74) is 0.871. The maximum absolute atomic E-state index is 11.7. The third-order valence-corrected chi connectivity index (χ3v) is 2.82. The molecule has 0 aliphatic rings. The van der Waals surface area contributed by atoms with Gasteiger partial charge in [0.25, 0.3) is 0 Å². The summed E-state index contributed by atoms with van der Waals surface area (Å²) in [6.07, 6.45) is 0. The molecule has 4 nitrogen and oxygen atoms in total. The van der Waals surface area contributed by atoms with Gasteiger partial charge in [-0.05, 0) is 17.7 Å². The van der Waals surface area contributed by atoms with Gasteiger partial charge >= 0.3 is 5.97 Å². The van der Waals surface area contributed by atoms with E-state index >= 15 is 0 Å². The number of rotatable bonds is 6. The van der Waals surface area contributed by atoms with Gasteiger partial charge in [0.05, 0.1) is 13.7 Å². The van der Waals surface area contributed by atoms with Gasteiger partial charge in [0.2, 0.25) is 0 Å². The topological polar surface area (TPSA) is 47.6 Å². The molecule has 1 N–H and O–H groups in total. The van der Waals surface area contributed by atoms with E-state index in [1.165, 1.54) is 7.11 Å². The van der Waals surface area contributed by atoms with Crippen molar-refractivity contribution in [2.24, 2.45) is 0 Å². The first-order chi connectivity index (χ1) is 8.19. The Bertz CT molecular complexity index is 353. The average molecular weight is 302 g/mol. The number of nitrogens with one attached hydrogen (secondary N) is 1. The molecule has 0 aromatic heterocycles. The summed E-state index contributed by atoms with van der Waals surface area (Å²) in [5, 5.41) is 3.09. The lowest BCUT2D eigenvalue weighted by Gasteiger charge is -2.16. The molecule has 0 spiro atoms. The average Bonchev–Trinajstić information content (AvgIpc) is 2.35. The van der Waals surface area contributed by atoms with Crippen LogP contribution >= 0.6 is 15.9 Å². The molecule has 17 heavy (non-hydrogen) atoms. The SMILES string of the molecule is COCCN[C@@H](C(=O)OC)c1ccc(Br)cc1. The molecular weight excluding hydrogens is 286 g/mol. The Morgan fingerprint density at radius 2 is 2.00 bits per heavy atom. The molecule has 0 aliphatic carbocycles. The normalized spacial score (nSPS) is 12.2. The number of carbonyl (C=O) groups excluding carboxylic acids is 1. The maximum atomic E-state index is 11.7. The second-order valence-electron chi connectivity index (χ2n) is 3.45. The number of ether oxygens (including phenoxy) is 2. The van der Waals surface area contributed by atoms with Crippen molar-refractivity contribution >= 4 is 21.9 Å². The molecule has 0 fully saturated rings. The van der Waals surface area contributed by atoms with E-state index in [-0.39, 0.29) is 5.97 Å². The molecule has 1 aromatic rings. The standard InChI is InChI=1S/C12H16BrNO3/c1-16-8-7-14-11(12(15)17-2)9-3-5-10(13)6-4-9/h3-6,11,14H,7-8H2,1-2H3/t11-/m1/s1. The molecule has 1 atom stereocenters. The van der Waals surface area contributed by atoms with Crippen LogP contribution in [0.25, 0.3) is 0 Å². The van der Waals surface area contributed by atoms with Gasteiger partial charge in [-0.15, -0.1) is 0 Å². The minimum absolute atomic E-state index is 0.302. The summed E-state index contributed by atoms with van der Waals surface area (Å²) < 4.78 is 10.7. The molecule has 0 saturated heterocycles. The lowest BCUT2D eigenvalue weighted by Crippen LogP contribution is -2.31. The van der Waals surface area contributed by atoms with Crippen molar-refractivity contribution in [1.82, 2.24) is 5.32 Å². The van der Waals surface area contributed by atoms with Crippen LogP contribution in [0.4, 0.5) is 0 Å². The number of esters is 1. The van der Waals surface area contributed by atoms with Crippen molar-refractivity contribution in [3.63, 3.8) is 0 Å². The van der Waals surface area contributed by atoms with Crippen LogP contribution in [0.1, 0.15) is 11.6 Å². The van der Waals surface area contributed by atoms with E-state index in [2.05, 4.69) is 21.2 Å². The highest BCUT2D eigenvalue weighted by Gasteiger charge is 2.20. The Kier molecular flexibility index (Phi) is 6.18. The summed E-state index contributed by atoms with van der Waals surface area (Å²) in [6.45, 7) is 1.14. The zero-order valence-electron chi connectivity index (χ0n) is 9.90. The largest absolute Gasteiger partial charge is 0.468 e. The highest BCUT2D eigenvalue weighted by Crippen LogP contribution is 2.17. The van der Waals surface area contributed by atoms with Crippen molar-refractivity contribution < 1.29 is 14.3 Å². The second-order valence-corrected chi connectivity index (χ2v) is 4.37. The molecular formula is C12H16BrNO3. The highest BCUT2D eigenvalue weighted by molar-refractivity contribution is 9.10. The summed E-state index contributed by atoms with van der Waals surface area (Å²) in [4.78, 5) is 11.7. The summed E-state index contributed by atoms with van der Waals surface area (Å²) in [7, 11) is 3.00. The number of hydrogen-bond acceptors (Lipinski definition) is 4. The van der Waals surface area contributed by atoms with E-state index in [4.69, 9.17) is 9.47 Å². The van der Waals surface area contributed by atoms with Crippen LogP contribution in [0, 0.1) is 0 Å². The first kappa shape index (κ1) is 14.2. The first-order valence-corrected chi connectivity index (χ1v) is 6.04. The fraction of sp³-hybridized carbons (Fsp3) is 0.417. The molecule has 0 aliphatic heterocycles. The first-order valence-electron chi connectivity index (χ1n) is 5.24. The van der Waals surface area contributed by atoms with Crippen LogP contribution in [-0.4, -0.2) is 33.3 Å². The molecule has 0 unspecified atom stereocenters. The predicted octanol–water partition coefficient (Wildman–Crippen LogP) is 1.90. The molecule has 0 radical (unpaired) electrons. The van der Waals surface area contributed by atoms with E-state index in [0.717, 1.165) is 10.0 Å². The number of carbonyl (C=O) groups is 1. The Morgan fingerprint density at radius 3 is 2.53 bits per heavy atom. The van der Waals surface area contributed by atoms with Gasteiger partial charge in [0.15, 0.2) is 0 Å². The quantitative estimate of drug-likeness (QED) is 0.644. The monoisotopic (exact) mass is 301 g/mol. The van der Waals surface area contributed by atoms with Crippen LogP contribution in [-0.2, 0) is 14.3 Å². The maximum Gasteiger partial charge on any atom is 0.327 e. The Morgan fingerprint density at radius 1 is 1.35 bits per heavy atom. The van der Waals surface area contributed by atoms with Crippen LogP contribution < -0.4 is 5.32 Å². The molecule has 5 heteroatoms. The molecule has 0 saturated carbocycles. The molecule has 1 rings (SSSR count). The Hall–Kier alpha value is -0.910. The summed E-state index contributed by atoms with van der Waals surface area (Å²) in [6, 6.07) is 7.09. The van der Waals surface area contributed by atoms with Gasteiger partial charge in [0, 0.05) is 18.1 Å². The fourth-order valence-electron chi connectivity index (χ4n) is 1.42. The third kappa shape index (κ3) is 4.46. The molecule has 1 aromatic carbocycles. The molecule has 0 amide bonds. The van der Waals surface area contributed by atoms with Gasteiger partial charge in [-0.25, -0.2) is 4.79 Å². The second kappa shape index (κ2) is 7.42. The van der Waals surface area contributed by atoms with Crippen LogP contribution in [0.5, 0.6) is 0 Å². The zero-order valence-corrected chi connectivity index (χ0v) is 11.5. The van der Waals surface area contributed by atoms with Gasteiger partial charge < -0.3 is 9.47 Å². The Balaban J connectivity index is 2.74. The van der Waals surface area contributed by atoms with Crippen LogP contribution in [0.2, 0.25) is 0 Å². The van der Waals surface area contributed by atoms with Crippen LogP contribution in [0.3, 0.4) is 0 Å². The number of methoxy groups -OCH3 is 2. The van der Waals surface area contributed by atoms with Gasteiger partial charge in [-0.1, -0.05) is 28.1 Å². The zero-order chi connectivity index (χ0) is 12.7. The lowest BCUT2D eigenvalue weighted by atomic mass is 10.1. The van der Waals surface area contributed by atoms with Crippen LogP contribution in [0.15, 0.2) is 28.7 Å². The van der Waals surface area contributed by atoms with E-state index in [1.807, 2.05) is 24.3 Å². The van der Waals surface area contributed by atoms with E-state index < -0.39 is 6.04 Å². The van der Waals surface area contributed by atoms with Gasteiger partial charge in [-0.3, -0.25) is 5.32 Å². The van der Waals surface area contributed by atoms with Gasteiger partial charge in [-0.2, -0.15) is 0 Å². The van der Waals surface area contributed by atoms with Crippen molar-refractivity contribution in [3.05, 3.63) is 34.3 Å². The summed E-state index contributed by atoms with van der Waals surface area (Å²) in [5.74, 6) is -0.302. The lowest BCUT2D eigenvalue weighted by molar-refractivity contribution is -0.143. The minimum Gasteiger partial charge on any atom is -0.468 e. The smallest absolute Gasteiger partial charge is 0.327 e. The minimum atomic E-state index is -0.455. The Labute approximate surface area is 109 Å². The number of benzene rings is 1. The van der Waals surface area contributed by atoms with E-state index in [0.29, 0.717) is 13.2 Å². The highest BCUT2D eigenvalue weighted by atomic mass is 79.9. The molecule has 0 heterocycles. The molecule has 94 valence electrons. The number of halogens is 1. The predicted molar refractivity (Wildman–Crippen MR) is 68.8 cm³/mol. The van der Waals surface area contributed by atoms with Crippen molar-refractivity contribution in [2.45, 2.75) is 6.04 Å². The van der Waals surface area contributed by atoms with E-state index in [1.54, 1.807) is 7.11 Å². The van der Waals surface area contributed by atoms with Crippen molar-refractivity contribution in [3.8, 4) is 0 Å². The molecule has 0 bridgehead atoms. The third-order valence-electron chi connectivity index (χ3n) is 2.29. The summed E-state index contributed by atoms with van der Waals surface area (Å²) >= 11 is 3.36. The fourth-order valence-corrected chi connectivity index (χ4v) is 1.68.